The Balaban J connectivity index is 1.91. The van der Waals surface area contributed by atoms with E-state index in [1.54, 1.807) is 12.1 Å². The molecule has 1 unspecified atom stereocenters. The van der Waals surface area contributed by atoms with Crippen LogP contribution in [0.3, 0.4) is 0 Å². The molecule has 0 N–H and O–H groups in total. The van der Waals surface area contributed by atoms with E-state index in [4.69, 9.17) is 13.7 Å². The highest BCUT2D eigenvalue weighted by molar-refractivity contribution is 7.86. The van der Waals surface area contributed by atoms with Gasteiger partial charge >= 0.3 is 5.97 Å². The number of hydrogen-bond acceptors (Lipinski definition) is 6. The third-order valence-corrected chi connectivity index (χ3v) is 4.89. The molecule has 0 bridgehead atoms. The van der Waals surface area contributed by atoms with Crippen molar-refractivity contribution in [3.63, 3.8) is 0 Å². The Labute approximate surface area is 136 Å². The van der Waals surface area contributed by atoms with Crippen LogP contribution in [0.5, 0.6) is 0 Å². The van der Waals surface area contributed by atoms with Crippen LogP contribution in [0, 0.1) is 12.8 Å². The molecule has 0 radical (unpaired) electrons. The maximum atomic E-state index is 12.2. The Kier molecular flexibility index (Phi) is 6.15. The number of ether oxygens (including phenoxy) is 2. The predicted molar refractivity (Wildman–Crippen MR) is 83.4 cm³/mol. The van der Waals surface area contributed by atoms with Crippen LogP contribution in [0.25, 0.3) is 0 Å². The van der Waals surface area contributed by atoms with E-state index in [9.17, 15) is 13.2 Å². The number of benzene rings is 1. The van der Waals surface area contributed by atoms with Gasteiger partial charge in [-0.25, -0.2) is 0 Å². The molecule has 2 rings (SSSR count). The van der Waals surface area contributed by atoms with Gasteiger partial charge in [0.2, 0.25) is 0 Å². The molecule has 0 aliphatic carbocycles. The molecule has 0 aromatic heterocycles. The zero-order valence-corrected chi connectivity index (χ0v) is 14.2. The molecule has 2 atom stereocenters. The first-order valence-corrected chi connectivity index (χ1v) is 8.98. The van der Waals surface area contributed by atoms with Crippen LogP contribution < -0.4 is 0 Å². The van der Waals surface area contributed by atoms with Crippen molar-refractivity contribution in [2.45, 2.75) is 37.7 Å². The van der Waals surface area contributed by atoms with Crippen LogP contribution in [0.15, 0.2) is 29.2 Å². The molecule has 1 aliphatic rings. The SMILES string of the molecule is CC(=O)OC[C@H](CCC1CO1)COS(=O)(=O)c1ccc(C)cc1. The number of aryl methyl sites for hydroxylation is 1. The summed E-state index contributed by atoms with van der Waals surface area (Å²) in [4.78, 5) is 11.1. The van der Waals surface area contributed by atoms with E-state index in [2.05, 4.69) is 0 Å². The van der Waals surface area contributed by atoms with Crippen molar-refractivity contribution in [3.8, 4) is 0 Å². The molecular weight excluding hydrogens is 320 g/mol. The van der Waals surface area contributed by atoms with Crippen molar-refractivity contribution in [1.29, 1.82) is 0 Å². The molecule has 0 amide bonds. The van der Waals surface area contributed by atoms with Gasteiger partial charge in [0.25, 0.3) is 10.1 Å². The van der Waals surface area contributed by atoms with Gasteiger partial charge in [0.15, 0.2) is 0 Å². The number of carbonyl (C=O) groups excluding carboxylic acids is 1. The topological polar surface area (TPSA) is 82.2 Å². The highest BCUT2D eigenvalue weighted by Gasteiger charge is 2.25. The second kappa shape index (κ2) is 7.90. The Bertz CT molecular complexity index is 618. The Morgan fingerprint density at radius 3 is 2.52 bits per heavy atom. The molecule has 23 heavy (non-hydrogen) atoms. The summed E-state index contributed by atoms with van der Waals surface area (Å²) in [5, 5.41) is 0. The maximum absolute atomic E-state index is 12.2. The highest BCUT2D eigenvalue weighted by atomic mass is 32.2. The number of esters is 1. The summed E-state index contributed by atoms with van der Waals surface area (Å²) in [7, 11) is -3.81. The zero-order chi connectivity index (χ0) is 16.9. The lowest BCUT2D eigenvalue weighted by molar-refractivity contribution is -0.142. The van der Waals surface area contributed by atoms with E-state index >= 15 is 0 Å². The molecule has 1 fully saturated rings. The van der Waals surface area contributed by atoms with Crippen molar-refractivity contribution >= 4 is 16.1 Å². The van der Waals surface area contributed by atoms with Crippen molar-refractivity contribution in [2.75, 3.05) is 19.8 Å². The fourth-order valence-corrected chi connectivity index (χ4v) is 3.04. The minimum Gasteiger partial charge on any atom is -0.465 e. The fraction of sp³-hybridized carbons (Fsp3) is 0.562. The lowest BCUT2D eigenvalue weighted by Crippen LogP contribution is -2.21. The van der Waals surface area contributed by atoms with Crippen LogP contribution in [0.1, 0.15) is 25.3 Å². The van der Waals surface area contributed by atoms with Gasteiger partial charge < -0.3 is 9.47 Å². The molecule has 0 spiro atoms. The molecule has 7 heteroatoms. The van der Waals surface area contributed by atoms with E-state index in [0.717, 1.165) is 18.6 Å². The van der Waals surface area contributed by atoms with Gasteiger partial charge in [-0.15, -0.1) is 0 Å². The van der Waals surface area contributed by atoms with Crippen molar-refractivity contribution in [1.82, 2.24) is 0 Å². The number of carbonyl (C=O) groups is 1. The quantitative estimate of drug-likeness (QED) is 0.388. The zero-order valence-electron chi connectivity index (χ0n) is 13.4. The predicted octanol–water partition coefficient (Wildman–Crippen LogP) is 2.06. The molecule has 1 aliphatic heterocycles. The first kappa shape index (κ1) is 17.9. The summed E-state index contributed by atoms with van der Waals surface area (Å²) in [5.74, 6) is -0.567. The monoisotopic (exact) mass is 342 g/mol. The first-order valence-electron chi connectivity index (χ1n) is 7.58. The third kappa shape index (κ3) is 6.29. The van der Waals surface area contributed by atoms with Crippen LogP contribution in [0.2, 0.25) is 0 Å². The summed E-state index contributed by atoms with van der Waals surface area (Å²) in [6, 6.07) is 6.47. The summed E-state index contributed by atoms with van der Waals surface area (Å²) in [6.07, 6.45) is 1.73. The Hall–Kier alpha value is -1.44. The van der Waals surface area contributed by atoms with Crippen LogP contribution in [-0.4, -0.2) is 40.3 Å². The minimum atomic E-state index is -3.81. The molecule has 0 saturated carbocycles. The average molecular weight is 342 g/mol. The largest absolute Gasteiger partial charge is 0.465 e. The van der Waals surface area contributed by atoms with E-state index in [-0.39, 0.29) is 36.1 Å². The molecule has 6 nitrogen and oxygen atoms in total. The fourth-order valence-electron chi connectivity index (χ4n) is 2.07. The molecule has 1 saturated heterocycles. The van der Waals surface area contributed by atoms with Crippen LogP contribution in [0.4, 0.5) is 0 Å². The van der Waals surface area contributed by atoms with Gasteiger partial charge in [-0.1, -0.05) is 17.7 Å². The van der Waals surface area contributed by atoms with E-state index in [0.29, 0.717) is 6.42 Å². The standard InChI is InChI=1S/C16H22O6S/c1-12-3-7-16(8-4-12)23(18,19)22-10-14(9-20-13(2)17)5-6-15-11-21-15/h3-4,7-8,14-15H,5-6,9-11H2,1-2H3/t14-,15?/m0/s1. The van der Waals surface area contributed by atoms with Crippen LogP contribution >= 0.6 is 0 Å². The van der Waals surface area contributed by atoms with Gasteiger partial charge in [0.05, 0.1) is 30.8 Å². The number of epoxide rings is 1. The molecule has 1 heterocycles. The second-order valence-electron chi connectivity index (χ2n) is 5.75. The molecule has 128 valence electrons. The number of rotatable bonds is 9. The van der Waals surface area contributed by atoms with Crippen molar-refractivity contribution in [3.05, 3.63) is 29.8 Å². The van der Waals surface area contributed by atoms with Crippen molar-refractivity contribution in [2.24, 2.45) is 5.92 Å². The average Bonchev–Trinajstić information content (AvgIpc) is 3.31. The van der Waals surface area contributed by atoms with Gasteiger partial charge in [0.1, 0.15) is 0 Å². The normalized spacial score (nSPS) is 18.4. The van der Waals surface area contributed by atoms with E-state index in [1.165, 1.54) is 19.1 Å². The minimum absolute atomic E-state index is 0.0176. The van der Waals surface area contributed by atoms with E-state index in [1.807, 2.05) is 6.92 Å². The Morgan fingerprint density at radius 1 is 1.30 bits per heavy atom. The third-order valence-electron chi connectivity index (χ3n) is 3.59. The maximum Gasteiger partial charge on any atom is 0.302 e. The molecule has 1 aromatic rings. The smallest absolute Gasteiger partial charge is 0.302 e. The van der Waals surface area contributed by atoms with Gasteiger partial charge in [-0.3, -0.25) is 8.98 Å². The second-order valence-corrected chi connectivity index (χ2v) is 7.37. The van der Waals surface area contributed by atoms with Crippen molar-refractivity contribution < 1.29 is 26.9 Å². The summed E-state index contributed by atoms with van der Waals surface area (Å²) in [6.45, 7) is 4.07. The molecular formula is C16H22O6S. The summed E-state index contributed by atoms with van der Waals surface area (Å²) in [5.41, 5.74) is 0.973. The summed E-state index contributed by atoms with van der Waals surface area (Å²) < 4.78 is 39.6. The first-order chi connectivity index (χ1) is 10.9. The van der Waals surface area contributed by atoms with Gasteiger partial charge in [-0.05, 0) is 31.9 Å². The lowest BCUT2D eigenvalue weighted by atomic mass is 10.0. The molecule has 1 aromatic carbocycles. The highest BCUT2D eigenvalue weighted by Crippen LogP contribution is 2.21. The Morgan fingerprint density at radius 2 is 1.96 bits per heavy atom. The van der Waals surface area contributed by atoms with E-state index < -0.39 is 10.1 Å². The number of hydrogen-bond donors (Lipinski definition) is 0. The van der Waals surface area contributed by atoms with Gasteiger partial charge in [-0.2, -0.15) is 8.42 Å². The van der Waals surface area contributed by atoms with Crippen LogP contribution in [-0.2, 0) is 28.6 Å². The summed E-state index contributed by atoms with van der Waals surface area (Å²) >= 11 is 0. The lowest BCUT2D eigenvalue weighted by Gasteiger charge is -2.16. The van der Waals surface area contributed by atoms with Gasteiger partial charge in [0, 0.05) is 12.8 Å².